The van der Waals surface area contributed by atoms with Gasteiger partial charge in [0.25, 0.3) is 11.1 Å². The lowest BCUT2D eigenvalue weighted by Gasteiger charge is -2.13. The Morgan fingerprint density at radius 3 is 2.71 bits per heavy atom. The molecule has 2 amide bonds. The molecule has 2 aromatic carbocycles. The van der Waals surface area contributed by atoms with Crippen LogP contribution in [0.2, 0.25) is 0 Å². The Bertz CT molecular complexity index is 991. The predicted molar refractivity (Wildman–Crippen MR) is 102 cm³/mol. The third-order valence-corrected chi connectivity index (χ3v) is 5.16. The summed E-state index contributed by atoms with van der Waals surface area (Å²) in [5.74, 6) is 0.694. The van der Waals surface area contributed by atoms with E-state index in [9.17, 15) is 14.0 Å². The number of amides is 2. The molecule has 0 aliphatic carbocycles. The number of halogens is 1. The van der Waals surface area contributed by atoms with E-state index in [0.29, 0.717) is 29.4 Å². The van der Waals surface area contributed by atoms with Gasteiger partial charge >= 0.3 is 0 Å². The summed E-state index contributed by atoms with van der Waals surface area (Å²) in [5, 5.41) is -0.446. The maximum atomic E-state index is 13.9. The van der Waals surface area contributed by atoms with Crippen molar-refractivity contribution in [3.8, 4) is 17.2 Å². The first kappa shape index (κ1) is 18.4. The Hall–Kier alpha value is -3.00. The molecule has 1 saturated heterocycles. The SMILES string of the molecule is CCOc1cc2c(cc1/C=C1/SC(=O)N(Cc3ccccc3F)C1=O)OCO2. The Balaban J connectivity index is 1.63. The second-order valence-electron chi connectivity index (χ2n) is 6.04. The smallest absolute Gasteiger partial charge is 0.293 e. The monoisotopic (exact) mass is 401 g/mol. The van der Waals surface area contributed by atoms with Crippen LogP contribution in [0.15, 0.2) is 41.3 Å². The van der Waals surface area contributed by atoms with Gasteiger partial charge in [-0.25, -0.2) is 4.39 Å². The molecular formula is C20H16FNO5S. The maximum absolute atomic E-state index is 13.9. The van der Waals surface area contributed by atoms with Gasteiger partial charge in [-0.05, 0) is 36.9 Å². The molecule has 0 spiro atoms. The van der Waals surface area contributed by atoms with Crippen molar-refractivity contribution in [2.24, 2.45) is 0 Å². The molecule has 0 radical (unpaired) electrons. The Labute approximate surface area is 164 Å². The minimum Gasteiger partial charge on any atom is -0.493 e. The Morgan fingerprint density at radius 1 is 1.21 bits per heavy atom. The summed E-state index contributed by atoms with van der Waals surface area (Å²) >= 11 is 0.810. The number of carbonyl (C=O) groups excluding carboxylic acids is 2. The van der Waals surface area contributed by atoms with Crippen LogP contribution in [0.5, 0.6) is 17.2 Å². The molecule has 0 saturated carbocycles. The van der Waals surface area contributed by atoms with Crippen molar-refractivity contribution in [3.63, 3.8) is 0 Å². The maximum Gasteiger partial charge on any atom is 0.293 e. The lowest BCUT2D eigenvalue weighted by molar-refractivity contribution is -0.123. The predicted octanol–water partition coefficient (Wildman–Crippen LogP) is 4.19. The van der Waals surface area contributed by atoms with E-state index >= 15 is 0 Å². The Kier molecular flexibility index (Phi) is 4.95. The van der Waals surface area contributed by atoms with Gasteiger partial charge in [-0.3, -0.25) is 14.5 Å². The van der Waals surface area contributed by atoms with Crippen molar-refractivity contribution >= 4 is 29.0 Å². The van der Waals surface area contributed by atoms with Gasteiger partial charge in [0, 0.05) is 17.2 Å². The fourth-order valence-corrected chi connectivity index (χ4v) is 3.74. The van der Waals surface area contributed by atoms with Crippen LogP contribution in [0, 0.1) is 5.82 Å². The molecule has 0 N–H and O–H groups in total. The van der Waals surface area contributed by atoms with Gasteiger partial charge in [0.15, 0.2) is 11.5 Å². The zero-order valence-electron chi connectivity index (χ0n) is 14.9. The normalized spacial score (nSPS) is 16.9. The summed E-state index contributed by atoms with van der Waals surface area (Å²) in [7, 11) is 0. The molecule has 2 heterocycles. The average Bonchev–Trinajstić information content (AvgIpc) is 3.23. The molecule has 8 heteroatoms. The van der Waals surface area contributed by atoms with Crippen LogP contribution in [0.25, 0.3) is 6.08 Å². The average molecular weight is 401 g/mol. The number of nitrogens with zero attached hydrogens (tertiary/aromatic N) is 1. The van der Waals surface area contributed by atoms with Crippen LogP contribution in [0.3, 0.4) is 0 Å². The van der Waals surface area contributed by atoms with Crippen LogP contribution in [-0.4, -0.2) is 29.4 Å². The summed E-state index contributed by atoms with van der Waals surface area (Å²) in [5.41, 5.74) is 0.881. The van der Waals surface area contributed by atoms with E-state index in [-0.39, 0.29) is 23.8 Å². The molecule has 2 aliphatic heterocycles. The number of carbonyl (C=O) groups is 2. The number of fused-ring (bicyclic) bond motifs is 1. The van der Waals surface area contributed by atoms with Crippen molar-refractivity contribution in [1.82, 2.24) is 4.90 Å². The number of thioether (sulfide) groups is 1. The van der Waals surface area contributed by atoms with Gasteiger partial charge in [-0.15, -0.1) is 0 Å². The first-order valence-electron chi connectivity index (χ1n) is 8.62. The van der Waals surface area contributed by atoms with E-state index in [4.69, 9.17) is 14.2 Å². The van der Waals surface area contributed by atoms with Crippen LogP contribution in [-0.2, 0) is 11.3 Å². The van der Waals surface area contributed by atoms with Crippen molar-refractivity contribution in [3.05, 3.63) is 58.2 Å². The molecule has 0 unspecified atom stereocenters. The number of ether oxygens (including phenoxy) is 3. The van der Waals surface area contributed by atoms with Gasteiger partial charge in [-0.1, -0.05) is 18.2 Å². The van der Waals surface area contributed by atoms with Crippen molar-refractivity contribution in [2.75, 3.05) is 13.4 Å². The highest BCUT2D eigenvalue weighted by Crippen LogP contribution is 2.41. The van der Waals surface area contributed by atoms with E-state index in [1.165, 1.54) is 6.07 Å². The second kappa shape index (κ2) is 7.55. The third kappa shape index (κ3) is 3.43. The van der Waals surface area contributed by atoms with Crippen LogP contribution in [0.4, 0.5) is 9.18 Å². The molecule has 4 rings (SSSR count). The highest BCUT2D eigenvalue weighted by molar-refractivity contribution is 8.18. The molecule has 0 atom stereocenters. The van der Waals surface area contributed by atoms with Crippen molar-refractivity contribution in [2.45, 2.75) is 13.5 Å². The fourth-order valence-electron chi connectivity index (χ4n) is 2.91. The number of imide groups is 1. The van der Waals surface area contributed by atoms with E-state index in [1.54, 1.807) is 36.4 Å². The minimum atomic E-state index is -0.474. The largest absolute Gasteiger partial charge is 0.493 e. The first-order chi connectivity index (χ1) is 13.6. The van der Waals surface area contributed by atoms with Gasteiger partial charge < -0.3 is 14.2 Å². The summed E-state index contributed by atoms with van der Waals surface area (Å²) in [6.45, 7) is 2.27. The topological polar surface area (TPSA) is 65.1 Å². The van der Waals surface area contributed by atoms with E-state index in [0.717, 1.165) is 16.7 Å². The van der Waals surface area contributed by atoms with Crippen LogP contribution in [0.1, 0.15) is 18.1 Å². The number of hydrogen-bond acceptors (Lipinski definition) is 6. The molecule has 6 nitrogen and oxygen atoms in total. The van der Waals surface area contributed by atoms with Crippen LogP contribution >= 0.6 is 11.8 Å². The zero-order valence-corrected chi connectivity index (χ0v) is 15.8. The summed E-state index contributed by atoms with van der Waals surface area (Å²) in [6.07, 6.45) is 1.58. The van der Waals surface area contributed by atoms with Gasteiger partial charge in [0.2, 0.25) is 6.79 Å². The number of rotatable bonds is 5. The summed E-state index contributed by atoms with van der Waals surface area (Å²) in [6, 6.07) is 9.47. The Morgan fingerprint density at radius 2 is 1.96 bits per heavy atom. The zero-order chi connectivity index (χ0) is 19.7. The molecule has 0 aromatic heterocycles. The lowest BCUT2D eigenvalue weighted by Crippen LogP contribution is -2.27. The summed E-state index contributed by atoms with van der Waals surface area (Å²) in [4.78, 5) is 26.3. The van der Waals surface area contributed by atoms with Crippen LogP contribution < -0.4 is 14.2 Å². The number of benzene rings is 2. The molecular weight excluding hydrogens is 385 g/mol. The highest BCUT2D eigenvalue weighted by Gasteiger charge is 2.35. The van der Waals surface area contributed by atoms with Gasteiger partial charge in [0.1, 0.15) is 11.6 Å². The molecule has 144 valence electrons. The molecule has 2 aliphatic rings. The van der Waals surface area contributed by atoms with Gasteiger partial charge in [0.05, 0.1) is 18.1 Å². The van der Waals surface area contributed by atoms with E-state index in [1.807, 2.05) is 6.92 Å². The minimum absolute atomic E-state index is 0.115. The van der Waals surface area contributed by atoms with Crippen molar-refractivity contribution in [1.29, 1.82) is 0 Å². The van der Waals surface area contributed by atoms with Gasteiger partial charge in [-0.2, -0.15) is 0 Å². The van der Waals surface area contributed by atoms with E-state index < -0.39 is 17.0 Å². The molecule has 28 heavy (non-hydrogen) atoms. The molecule has 1 fully saturated rings. The van der Waals surface area contributed by atoms with E-state index in [2.05, 4.69) is 0 Å². The summed E-state index contributed by atoms with van der Waals surface area (Å²) < 4.78 is 30.2. The highest BCUT2D eigenvalue weighted by atomic mass is 32.2. The quantitative estimate of drug-likeness (QED) is 0.700. The lowest BCUT2D eigenvalue weighted by atomic mass is 10.1. The molecule has 2 aromatic rings. The fraction of sp³-hybridized carbons (Fsp3) is 0.200. The number of hydrogen-bond donors (Lipinski definition) is 0. The third-order valence-electron chi connectivity index (χ3n) is 4.25. The molecule has 0 bridgehead atoms. The van der Waals surface area contributed by atoms with Crippen molar-refractivity contribution < 1.29 is 28.2 Å². The second-order valence-corrected chi connectivity index (χ2v) is 7.03. The standard InChI is InChI=1S/C20H16FNO5S/c1-2-25-15-9-17-16(26-11-27-17)7-13(15)8-18-19(23)22(20(24)28-18)10-12-5-3-4-6-14(12)21/h3-9H,2,10-11H2,1H3/b18-8+. The first-order valence-corrected chi connectivity index (χ1v) is 9.43.